The predicted molar refractivity (Wildman–Crippen MR) is 97.2 cm³/mol. The monoisotopic (exact) mass is 389 g/mol. The van der Waals surface area contributed by atoms with Crippen LogP contribution in [0.2, 0.25) is 5.02 Å². The first-order valence-electron chi connectivity index (χ1n) is 7.93. The molecule has 1 aromatic carbocycles. The SMILES string of the molecule is CCCNC(=O)CNC(=O)c1cc(S(=O)(=O)N(C)C(C)C)ccc1Cl. The molecule has 0 aliphatic rings. The van der Waals surface area contributed by atoms with E-state index in [4.69, 9.17) is 11.6 Å². The summed E-state index contributed by atoms with van der Waals surface area (Å²) in [5.41, 5.74) is 0.00295. The van der Waals surface area contributed by atoms with Crippen LogP contribution in [0.3, 0.4) is 0 Å². The van der Waals surface area contributed by atoms with Gasteiger partial charge in [0.15, 0.2) is 0 Å². The second kappa shape index (κ2) is 9.17. The molecule has 7 nitrogen and oxygen atoms in total. The van der Waals surface area contributed by atoms with Crippen LogP contribution in [-0.2, 0) is 14.8 Å². The van der Waals surface area contributed by atoms with Crippen molar-refractivity contribution in [3.8, 4) is 0 Å². The molecule has 0 aliphatic heterocycles. The van der Waals surface area contributed by atoms with Gasteiger partial charge >= 0.3 is 0 Å². The van der Waals surface area contributed by atoms with Gasteiger partial charge in [-0.2, -0.15) is 4.31 Å². The molecular formula is C16H24ClN3O4S. The molecule has 9 heteroatoms. The van der Waals surface area contributed by atoms with Gasteiger partial charge in [0.05, 0.1) is 22.0 Å². The van der Waals surface area contributed by atoms with Gasteiger partial charge in [-0.1, -0.05) is 18.5 Å². The summed E-state index contributed by atoms with van der Waals surface area (Å²) in [6.07, 6.45) is 0.786. The number of halogens is 1. The van der Waals surface area contributed by atoms with Crippen LogP contribution in [0.25, 0.3) is 0 Å². The Labute approximate surface area is 153 Å². The summed E-state index contributed by atoms with van der Waals surface area (Å²) in [5, 5.41) is 5.17. The summed E-state index contributed by atoms with van der Waals surface area (Å²) in [4.78, 5) is 23.8. The Morgan fingerprint density at radius 2 is 1.88 bits per heavy atom. The van der Waals surface area contributed by atoms with E-state index in [9.17, 15) is 18.0 Å². The third-order valence-corrected chi connectivity index (χ3v) is 5.93. The number of nitrogens with zero attached hydrogens (tertiary/aromatic N) is 1. The molecule has 25 heavy (non-hydrogen) atoms. The maximum atomic E-state index is 12.5. The number of carbonyl (C=O) groups is 2. The molecular weight excluding hydrogens is 366 g/mol. The third kappa shape index (κ3) is 5.69. The largest absolute Gasteiger partial charge is 0.355 e. The second-order valence-electron chi connectivity index (χ2n) is 5.79. The molecule has 140 valence electrons. The number of carbonyl (C=O) groups excluding carboxylic acids is 2. The van der Waals surface area contributed by atoms with E-state index >= 15 is 0 Å². The second-order valence-corrected chi connectivity index (χ2v) is 8.19. The average molecular weight is 390 g/mol. The van der Waals surface area contributed by atoms with Crippen molar-refractivity contribution in [1.29, 1.82) is 0 Å². The van der Waals surface area contributed by atoms with Gasteiger partial charge in [0.2, 0.25) is 15.9 Å². The number of sulfonamides is 1. The van der Waals surface area contributed by atoms with Gasteiger partial charge in [-0.3, -0.25) is 9.59 Å². The predicted octanol–water partition coefficient (Wildman–Crippen LogP) is 1.62. The first-order valence-corrected chi connectivity index (χ1v) is 9.75. The molecule has 2 N–H and O–H groups in total. The average Bonchev–Trinajstić information content (AvgIpc) is 2.57. The lowest BCUT2D eigenvalue weighted by Gasteiger charge is -2.21. The van der Waals surface area contributed by atoms with E-state index in [2.05, 4.69) is 10.6 Å². The van der Waals surface area contributed by atoms with Crippen molar-refractivity contribution < 1.29 is 18.0 Å². The minimum absolute atomic E-state index is 0.00295. The van der Waals surface area contributed by atoms with Gasteiger partial charge in [-0.25, -0.2) is 8.42 Å². The van der Waals surface area contributed by atoms with Crippen LogP contribution in [0.1, 0.15) is 37.6 Å². The lowest BCUT2D eigenvalue weighted by molar-refractivity contribution is -0.120. The van der Waals surface area contributed by atoms with Crippen LogP contribution >= 0.6 is 11.6 Å². The smallest absolute Gasteiger partial charge is 0.253 e. The molecule has 0 saturated carbocycles. The fourth-order valence-corrected chi connectivity index (χ4v) is 3.46. The molecule has 1 rings (SSSR count). The van der Waals surface area contributed by atoms with E-state index in [0.29, 0.717) is 6.54 Å². The zero-order valence-electron chi connectivity index (χ0n) is 14.8. The van der Waals surface area contributed by atoms with Gasteiger partial charge in [-0.05, 0) is 38.5 Å². The van der Waals surface area contributed by atoms with Crippen LogP contribution in [0.5, 0.6) is 0 Å². The number of rotatable bonds is 8. The van der Waals surface area contributed by atoms with Crippen molar-refractivity contribution in [2.45, 2.75) is 38.1 Å². The Balaban J connectivity index is 2.98. The molecule has 1 aromatic rings. The summed E-state index contributed by atoms with van der Waals surface area (Å²) in [7, 11) is -2.27. The Kier molecular flexibility index (Phi) is 7.85. The number of hydrogen-bond acceptors (Lipinski definition) is 4. The number of benzene rings is 1. The molecule has 0 bridgehead atoms. The standard InChI is InChI=1S/C16H24ClN3O4S/c1-5-8-18-15(21)10-19-16(22)13-9-12(6-7-14(13)17)25(23,24)20(4)11(2)3/h6-7,9,11H,5,8,10H2,1-4H3,(H,18,21)(H,19,22). The van der Waals surface area contributed by atoms with E-state index < -0.39 is 15.9 Å². The van der Waals surface area contributed by atoms with Crippen LogP contribution in [-0.4, -0.2) is 50.7 Å². The van der Waals surface area contributed by atoms with Crippen LogP contribution < -0.4 is 10.6 Å². The van der Waals surface area contributed by atoms with Crippen molar-refractivity contribution in [2.24, 2.45) is 0 Å². The molecule has 2 amide bonds. The Hall–Kier alpha value is -1.64. The number of amides is 2. The van der Waals surface area contributed by atoms with Crippen LogP contribution in [0.15, 0.2) is 23.1 Å². The summed E-state index contributed by atoms with van der Waals surface area (Å²) < 4.78 is 26.3. The lowest BCUT2D eigenvalue weighted by Crippen LogP contribution is -2.37. The maximum absolute atomic E-state index is 12.5. The molecule has 0 saturated heterocycles. The summed E-state index contributed by atoms with van der Waals surface area (Å²) in [6, 6.07) is 3.69. The Morgan fingerprint density at radius 1 is 1.24 bits per heavy atom. The molecule has 0 fully saturated rings. The van der Waals surface area contributed by atoms with E-state index in [1.165, 1.54) is 29.6 Å². The molecule has 0 atom stereocenters. The minimum atomic E-state index is -3.74. The van der Waals surface area contributed by atoms with Crippen molar-refractivity contribution in [3.63, 3.8) is 0 Å². The lowest BCUT2D eigenvalue weighted by atomic mass is 10.2. The van der Waals surface area contributed by atoms with Crippen molar-refractivity contribution >= 4 is 33.4 Å². The topological polar surface area (TPSA) is 95.6 Å². The van der Waals surface area contributed by atoms with Gasteiger partial charge in [0.25, 0.3) is 5.91 Å². The van der Waals surface area contributed by atoms with Crippen molar-refractivity contribution in [2.75, 3.05) is 20.1 Å². The van der Waals surface area contributed by atoms with E-state index in [0.717, 1.165) is 6.42 Å². The normalized spacial score (nSPS) is 11.6. The molecule has 0 spiro atoms. The van der Waals surface area contributed by atoms with Crippen LogP contribution in [0.4, 0.5) is 0 Å². The van der Waals surface area contributed by atoms with Gasteiger partial charge in [-0.15, -0.1) is 0 Å². The van der Waals surface area contributed by atoms with Gasteiger partial charge in [0.1, 0.15) is 0 Å². The highest BCUT2D eigenvalue weighted by Crippen LogP contribution is 2.23. The number of nitrogens with one attached hydrogen (secondary N) is 2. The van der Waals surface area contributed by atoms with Crippen LogP contribution in [0, 0.1) is 0 Å². The quantitative estimate of drug-likeness (QED) is 0.706. The van der Waals surface area contributed by atoms with Crippen molar-refractivity contribution in [3.05, 3.63) is 28.8 Å². The maximum Gasteiger partial charge on any atom is 0.253 e. The van der Waals surface area contributed by atoms with E-state index in [-0.39, 0.29) is 34.0 Å². The Bertz CT molecular complexity index is 735. The zero-order valence-corrected chi connectivity index (χ0v) is 16.4. The third-order valence-electron chi connectivity index (χ3n) is 3.57. The summed E-state index contributed by atoms with van der Waals surface area (Å²) in [5.74, 6) is -0.935. The minimum Gasteiger partial charge on any atom is -0.355 e. The zero-order chi connectivity index (χ0) is 19.2. The Morgan fingerprint density at radius 3 is 2.44 bits per heavy atom. The summed E-state index contributed by atoms with van der Waals surface area (Å²) >= 11 is 6.01. The molecule has 0 unspecified atom stereocenters. The van der Waals surface area contributed by atoms with E-state index in [1.807, 2.05) is 6.92 Å². The molecule has 0 aromatic heterocycles. The number of hydrogen-bond donors (Lipinski definition) is 2. The van der Waals surface area contributed by atoms with Gasteiger partial charge < -0.3 is 10.6 Å². The molecule has 0 aliphatic carbocycles. The first kappa shape index (κ1) is 21.4. The van der Waals surface area contributed by atoms with Crippen molar-refractivity contribution in [1.82, 2.24) is 14.9 Å². The molecule has 0 heterocycles. The highest BCUT2D eigenvalue weighted by atomic mass is 35.5. The van der Waals surface area contributed by atoms with E-state index in [1.54, 1.807) is 13.8 Å². The summed E-state index contributed by atoms with van der Waals surface area (Å²) in [6.45, 7) is 5.72. The highest BCUT2D eigenvalue weighted by Gasteiger charge is 2.25. The van der Waals surface area contributed by atoms with Gasteiger partial charge in [0, 0.05) is 19.6 Å². The highest BCUT2D eigenvalue weighted by molar-refractivity contribution is 7.89. The molecule has 0 radical (unpaired) electrons. The fraction of sp³-hybridized carbons (Fsp3) is 0.500. The first-order chi connectivity index (χ1) is 11.6. The fourth-order valence-electron chi connectivity index (χ4n) is 1.87.